The predicted molar refractivity (Wildman–Crippen MR) is 90.1 cm³/mol. The standard InChI is InChI=1S/C16H17Br2NO2/c1-8-3-4-14(9(2)5-8)19-15(20)10-6-12(17)13(18)7-11(10)16(19)21/h3-5,10-13H,6-7H2,1-2H3/t10-,11+,12-,13-/m0/s1. The first-order chi connectivity index (χ1) is 9.90. The molecular weight excluding hydrogens is 398 g/mol. The van der Waals surface area contributed by atoms with Gasteiger partial charge < -0.3 is 0 Å². The summed E-state index contributed by atoms with van der Waals surface area (Å²) in [7, 11) is 0. The van der Waals surface area contributed by atoms with Crippen LogP contribution in [0.3, 0.4) is 0 Å². The number of imide groups is 1. The molecule has 1 aliphatic heterocycles. The fourth-order valence-electron chi connectivity index (χ4n) is 3.39. The average molecular weight is 415 g/mol. The van der Waals surface area contributed by atoms with Gasteiger partial charge in [-0.3, -0.25) is 9.59 Å². The van der Waals surface area contributed by atoms with Crippen LogP contribution in [-0.4, -0.2) is 21.5 Å². The molecule has 0 radical (unpaired) electrons. The molecule has 2 aliphatic rings. The summed E-state index contributed by atoms with van der Waals surface area (Å²) >= 11 is 7.22. The zero-order valence-corrected chi connectivity index (χ0v) is 15.1. The maximum Gasteiger partial charge on any atom is 0.237 e. The van der Waals surface area contributed by atoms with Crippen LogP contribution >= 0.6 is 31.9 Å². The number of alkyl halides is 2. The van der Waals surface area contributed by atoms with Gasteiger partial charge in [0.15, 0.2) is 0 Å². The van der Waals surface area contributed by atoms with Crippen molar-refractivity contribution in [3.63, 3.8) is 0 Å². The topological polar surface area (TPSA) is 37.4 Å². The minimum Gasteiger partial charge on any atom is -0.274 e. The number of fused-ring (bicyclic) bond motifs is 1. The number of carbonyl (C=O) groups is 2. The number of anilines is 1. The van der Waals surface area contributed by atoms with E-state index in [2.05, 4.69) is 31.9 Å². The fourth-order valence-corrected chi connectivity index (χ4v) is 4.63. The van der Waals surface area contributed by atoms with Gasteiger partial charge in [-0.05, 0) is 38.3 Å². The van der Waals surface area contributed by atoms with Crippen LogP contribution in [0.5, 0.6) is 0 Å². The molecule has 0 spiro atoms. The van der Waals surface area contributed by atoms with E-state index in [0.717, 1.165) is 16.8 Å². The third-order valence-electron chi connectivity index (χ3n) is 4.50. The first-order valence-corrected chi connectivity index (χ1v) is 8.96. The summed E-state index contributed by atoms with van der Waals surface area (Å²) in [6.45, 7) is 3.96. The highest BCUT2D eigenvalue weighted by molar-refractivity contribution is 9.12. The van der Waals surface area contributed by atoms with Gasteiger partial charge in [0.1, 0.15) is 0 Å². The van der Waals surface area contributed by atoms with Crippen LogP contribution in [0, 0.1) is 25.7 Å². The normalized spacial score (nSPS) is 32.5. The van der Waals surface area contributed by atoms with Gasteiger partial charge in [0.05, 0.1) is 17.5 Å². The van der Waals surface area contributed by atoms with E-state index in [1.807, 2.05) is 32.0 Å². The van der Waals surface area contributed by atoms with E-state index in [9.17, 15) is 9.59 Å². The molecule has 0 aromatic heterocycles. The molecule has 2 amide bonds. The Morgan fingerprint density at radius 3 is 2.00 bits per heavy atom. The summed E-state index contributed by atoms with van der Waals surface area (Å²) in [6.07, 6.45) is 1.43. The van der Waals surface area contributed by atoms with Crippen molar-refractivity contribution < 1.29 is 9.59 Å². The summed E-state index contributed by atoms with van der Waals surface area (Å²) in [6, 6.07) is 5.85. The van der Waals surface area contributed by atoms with E-state index in [1.165, 1.54) is 4.90 Å². The molecule has 1 saturated carbocycles. The lowest BCUT2D eigenvalue weighted by atomic mass is 9.81. The Morgan fingerprint density at radius 1 is 1.00 bits per heavy atom. The van der Waals surface area contributed by atoms with Crippen LogP contribution in [0.15, 0.2) is 18.2 Å². The molecule has 1 aromatic carbocycles. The Balaban J connectivity index is 1.97. The molecule has 1 aromatic rings. The van der Waals surface area contributed by atoms with E-state index in [1.54, 1.807) is 0 Å². The number of halogens is 2. The molecule has 4 atom stereocenters. The molecule has 3 rings (SSSR count). The third kappa shape index (κ3) is 2.48. The van der Waals surface area contributed by atoms with E-state index in [0.29, 0.717) is 12.8 Å². The molecular formula is C16H17Br2NO2. The van der Waals surface area contributed by atoms with Crippen molar-refractivity contribution >= 4 is 49.4 Å². The van der Waals surface area contributed by atoms with Crippen LogP contribution < -0.4 is 4.90 Å². The molecule has 2 fully saturated rings. The summed E-state index contributed by atoms with van der Waals surface area (Å²) in [5.41, 5.74) is 2.84. The molecule has 21 heavy (non-hydrogen) atoms. The molecule has 3 nitrogen and oxygen atoms in total. The SMILES string of the molecule is Cc1ccc(N2C(=O)[C@H]3C[C@H](Br)[C@@H](Br)C[C@H]3C2=O)c(C)c1. The Bertz CT molecular complexity index is 588. The third-order valence-corrected chi connectivity index (χ3v) is 7.24. The number of amides is 2. The second kappa shape index (κ2) is 5.51. The highest BCUT2D eigenvalue weighted by Crippen LogP contribution is 2.44. The molecule has 5 heteroatoms. The molecule has 0 unspecified atom stereocenters. The molecule has 1 saturated heterocycles. The Hall–Kier alpha value is -0.680. The first kappa shape index (κ1) is 15.2. The first-order valence-electron chi connectivity index (χ1n) is 7.13. The fraction of sp³-hybridized carbons (Fsp3) is 0.500. The quantitative estimate of drug-likeness (QED) is 0.518. The van der Waals surface area contributed by atoms with Gasteiger partial charge in [-0.25, -0.2) is 4.90 Å². The average Bonchev–Trinajstić information content (AvgIpc) is 2.64. The summed E-state index contributed by atoms with van der Waals surface area (Å²) in [5, 5.41) is 0. The Labute approximate surface area is 141 Å². The molecule has 1 aliphatic carbocycles. The second-order valence-electron chi connectivity index (χ2n) is 6.02. The van der Waals surface area contributed by atoms with E-state index in [-0.39, 0.29) is 33.3 Å². The van der Waals surface area contributed by atoms with Crippen LogP contribution in [0.2, 0.25) is 0 Å². The van der Waals surface area contributed by atoms with Gasteiger partial charge in [0.2, 0.25) is 11.8 Å². The lowest BCUT2D eigenvalue weighted by Gasteiger charge is -2.29. The van der Waals surface area contributed by atoms with Crippen molar-refractivity contribution in [3.05, 3.63) is 29.3 Å². The van der Waals surface area contributed by atoms with Gasteiger partial charge in [0.25, 0.3) is 0 Å². The number of hydrogen-bond donors (Lipinski definition) is 0. The maximum atomic E-state index is 12.7. The van der Waals surface area contributed by atoms with Crippen LogP contribution in [0.1, 0.15) is 24.0 Å². The molecule has 1 heterocycles. The zero-order valence-electron chi connectivity index (χ0n) is 12.0. The van der Waals surface area contributed by atoms with Crippen molar-refractivity contribution in [2.45, 2.75) is 36.3 Å². The number of carbonyl (C=O) groups excluding carboxylic acids is 2. The van der Waals surface area contributed by atoms with Crippen molar-refractivity contribution in [3.8, 4) is 0 Å². The van der Waals surface area contributed by atoms with Crippen molar-refractivity contribution in [2.24, 2.45) is 11.8 Å². The van der Waals surface area contributed by atoms with Crippen LogP contribution in [-0.2, 0) is 9.59 Å². The van der Waals surface area contributed by atoms with Crippen LogP contribution in [0.25, 0.3) is 0 Å². The van der Waals surface area contributed by atoms with E-state index >= 15 is 0 Å². The molecule has 0 bridgehead atoms. The maximum absolute atomic E-state index is 12.7. The number of rotatable bonds is 1. The number of nitrogens with zero attached hydrogens (tertiary/aromatic N) is 1. The van der Waals surface area contributed by atoms with Crippen LogP contribution in [0.4, 0.5) is 5.69 Å². The highest BCUT2D eigenvalue weighted by Gasteiger charge is 2.52. The second-order valence-corrected chi connectivity index (χ2v) is 8.37. The zero-order chi connectivity index (χ0) is 15.3. The van der Waals surface area contributed by atoms with Gasteiger partial charge in [-0.1, -0.05) is 49.6 Å². The largest absolute Gasteiger partial charge is 0.274 e. The molecule has 0 N–H and O–H groups in total. The monoisotopic (exact) mass is 413 g/mol. The van der Waals surface area contributed by atoms with Gasteiger partial charge in [-0.2, -0.15) is 0 Å². The van der Waals surface area contributed by atoms with Gasteiger partial charge in [0, 0.05) is 9.65 Å². The minimum atomic E-state index is -0.184. The van der Waals surface area contributed by atoms with Crippen molar-refractivity contribution in [1.29, 1.82) is 0 Å². The van der Waals surface area contributed by atoms with Gasteiger partial charge in [-0.15, -0.1) is 0 Å². The number of hydrogen-bond acceptors (Lipinski definition) is 2. The lowest BCUT2D eigenvalue weighted by Crippen LogP contribution is -2.34. The summed E-state index contributed by atoms with van der Waals surface area (Å²) in [4.78, 5) is 27.3. The van der Waals surface area contributed by atoms with Crippen molar-refractivity contribution in [1.82, 2.24) is 0 Å². The summed E-state index contributed by atoms with van der Waals surface area (Å²) in [5.74, 6) is -0.450. The predicted octanol–water partition coefficient (Wildman–Crippen LogP) is 3.73. The van der Waals surface area contributed by atoms with Crippen molar-refractivity contribution in [2.75, 3.05) is 4.90 Å². The number of aryl methyl sites for hydroxylation is 2. The number of benzene rings is 1. The van der Waals surface area contributed by atoms with E-state index in [4.69, 9.17) is 0 Å². The summed E-state index contributed by atoms with van der Waals surface area (Å²) < 4.78 is 0. The Morgan fingerprint density at radius 2 is 1.52 bits per heavy atom. The molecule has 112 valence electrons. The van der Waals surface area contributed by atoms with E-state index < -0.39 is 0 Å². The highest BCUT2D eigenvalue weighted by atomic mass is 79.9. The van der Waals surface area contributed by atoms with Gasteiger partial charge >= 0.3 is 0 Å². The Kier molecular flexibility index (Phi) is 3.99. The lowest BCUT2D eigenvalue weighted by molar-refractivity contribution is -0.122. The minimum absolute atomic E-state index is 0.0409. The smallest absolute Gasteiger partial charge is 0.237 e.